The van der Waals surface area contributed by atoms with Gasteiger partial charge < -0.3 is 29.3 Å². The van der Waals surface area contributed by atoms with Crippen LogP contribution in [0, 0.1) is 0 Å². The fourth-order valence-electron chi connectivity index (χ4n) is 5.45. The summed E-state index contributed by atoms with van der Waals surface area (Å²) in [5.41, 5.74) is 5.36. The fourth-order valence-corrected chi connectivity index (χ4v) is 5.71. The Morgan fingerprint density at radius 3 is 2.38 bits per heavy atom. The van der Waals surface area contributed by atoms with Crippen LogP contribution in [0.3, 0.4) is 0 Å². The molecule has 6 rings (SSSR count). The minimum absolute atomic E-state index is 0.204. The topological polar surface area (TPSA) is 100 Å². The first-order valence-corrected chi connectivity index (χ1v) is 15.8. The summed E-state index contributed by atoms with van der Waals surface area (Å²) in [6.07, 6.45) is 1.27. The predicted molar refractivity (Wildman–Crippen MR) is 187 cm³/mol. The summed E-state index contributed by atoms with van der Waals surface area (Å²) in [6.45, 7) is 1.87. The molecule has 0 spiro atoms. The van der Waals surface area contributed by atoms with Crippen LogP contribution in [0.2, 0.25) is 5.02 Å². The van der Waals surface area contributed by atoms with Gasteiger partial charge in [0.05, 0.1) is 29.4 Å². The summed E-state index contributed by atoms with van der Waals surface area (Å²) in [7, 11) is 5.60. The second kappa shape index (κ2) is 14.1. The maximum absolute atomic E-state index is 14.1. The van der Waals surface area contributed by atoms with E-state index in [9.17, 15) is 14.4 Å². The van der Waals surface area contributed by atoms with Gasteiger partial charge in [-0.1, -0.05) is 48.0 Å². The van der Waals surface area contributed by atoms with E-state index in [2.05, 4.69) is 10.3 Å². The lowest BCUT2D eigenvalue weighted by Crippen LogP contribution is -2.35. The van der Waals surface area contributed by atoms with E-state index >= 15 is 0 Å². The summed E-state index contributed by atoms with van der Waals surface area (Å²) in [6, 6.07) is 28.9. The number of fused-ring (bicyclic) bond motifs is 2. The maximum atomic E-state index is 14.1. The zero-order chi connectivity index (χ0) is 33.8. The molecule has 1 aliphatic heterocycles. The number of para-hydroxylation sites is 1. The van der Waals surface area contributed by atoms with Crippen molar-refractivity contribution in [3.05, 3.63) is 131 Å². The van der Waals surface area contributed by atoms with Crippen molar-refractivity contribution < 1.29 is 19.1 Å². The summed E-state index contributed by atoms with van der Waals surface area (Å²) in [5, 5.41) is 3.07. The Kier molecular flexibility index (Phi) is 9.56. The molecule has 0 fully saturated rings. The van der Waals surface area contributed by atoms with Gasteiger partial charge in [0.1, 0.15) is 0 Å². The van der Waals surface area contributed by atoms with Crippen LogP contribution in [0.1, 0.15) is 32.0 Å². The van der Waals surface area contributed by atoms with Crippen LogP contribution in [0.4, 0.5) is 16.2 Å². The number of amides is 3. The third kappa shape index (κ3) is 7.10. The number of hydrogen-bond acceptors (Lipinski definition) is 6. The number of halogens is 1. The molecular formula is C37H35ClN6O4. The minimum Gasteiger partial charge on any atom is -0.393 e. The Balaban J connectivity index is 1.19. The Bertz CT molecular complexity index is 1960. The Morgan fingerprint density at radius 2 is 1.65 bits per heavy atom. The van der Waals surface area contributed by atoms with Crippen LogP contribution in [-0.2, 0) is 13.1 Å². The number of likely N-dealkylation sites (N-methyl/N-ethyl adjacent to an activating group) is 2. The van der Waals surface area contributed by atoms with Crippen molar-refractivity contribution in [1.82, 2.24) is 19.4 Å². The zero-order valence-corrected chi connectivity index (χ0v) is 27.6. The van der Waals surface area contributed by atoms with Crippen LogP contribution in [0.5, 0.6) is 5.88 Å². The molecule has 1 aliphatic rings. The highest BCUT2D eigenvalue weighted by Gasteiger charge is 2.28. The lowest BCUT2D eigenvalue weighted by atomic mass is 10.1. The van der Waals surface area contributed by atoms with Crippen molar-refractivity contribution in [3.8, 4) is 17.1 Å². The molecule has 10 nitrogen and oxygen atoms in total. The molecule has 244 valence electrons. The van der Waals surface area contributed by atoms with Gasteiger partial charge in [0.25, 0.3) is 11.8 Å². The van der Waals surface area contributed by atoms with Crippen molar-refractivity contribution >= 4 is 40.9 Å². The van der Waals surface area contributed by atoms with E-state index in [1.54, 1.807) is 54.5 Å². The number of benzene rings is 3. The molecule has 3 aromatic carbocycles. The Morgan fingerprint density at radius 1 is 0.875 bits per heavy atom. The monoisotopic (exact) mass is 662 g/mol. The first-order chi connectivity index (χ1) is 23.2. The minimum atomic E-state index is -0.455. The van der Waals surface area contributed by atoms with Gasteiger partial charge in [-0.2, -0.15) is 0 Å². The van der Waals surface area contributed by atoms with Crippen molar-refractivity contribution in [2.45, 2.75) is 13.1 Å². The first-order valence-electron chi connectivity index (χ1n) is 15.5. The lowest BCUT2D eigenvalue weighted by molar-refractivity contribution is 0.0983. The standard InChI is InChI=1S/C37H35ClN6O4/c1-41(2)20-21-42(3)37(47)48-34-18-16-29-24-44(33-10-5-4-8-27(33)23-43(29)34)36(46)30-17-15-28(22-31(30)38)40-35(45)26-13-11-25(12-14-26)32-9-6-7-19-39-32/h4-19,22H,20-21,23-24H2,1-3H3,(H,40,45). The van der Waals surface area contributed by atoms with Crippen LogP contribution >= 0.6 is 11.6 Å². The first kappa shape index (κ1) is 32.5. The highest BCUT2D eigenvalue weighted by molar-refractivity contribution is 6.35. The number of hydrogen-bond donors (Lipinski definition) is 1. The molecule has 5 aromatic rings. The van der Waals surface area contributed by atoms with E-state index in [1.165, 1.54) is 4.90 Å². The van der Waals surface area contributed by atoms with Crippen molar-refractivity contribution in [3.63, 3.8) is 0 Å². The SMILES string of the molecule is CN(C)CCN(C)C(=O)Oc1ccc2n1Cc1ccccc1N(C(=O)c1ccc(NC(=O)c3ccc(-c4ccccn4)cc3)cc1Cl)C2. The Hall–Kier alpha value is -5.45. The van der Waals surface area contributed by atoms with Gasteiger partial charge in [0.2, 0.25) is 5.88 Å². The molecule has 1 N–H and O–H groups in total. The van der Waals surface area contributed by atoms with Gasteiger partial charge in [-0.25, -0.2) is 4.79 Å². The van der Waals surface area contributed by atoms with E-state index in [4.69, 9.17) is 16.3 Å². The van der Waals surface area contributed by atoms with Crippen LogP contribution in [0.25, 0.3) is 11.3 Å². The molecule has 0 bridgehead atoms. The largest absolute Gasteiger partial charge is 0.416 e. The second-order valence-corrected chi connectivity index (χ2v) is 12.2. The molecule has 0 radical (unpaired) electrons. The number of ether oxygens (including phenoxy) is 1. The molecule has 0 atom stereocenters. The van der Waals surface area contributed by atoms with E-state index in [1.807, 2.05) is 84.2 Å². The average molecular weight is 663 g/mol. The predicted octanol–water partition coefficient (Wildman–Crippen LogP) is 6.66. The summed E-state index contributed by atoms with van der Waals surface area (Å²) in [5.74, 6) is -0.201. The number of pyridine rings is 1. The molecule has 0 saturated heterocycles. The third-order valence-electron chi connectivity index (χ3n) is 8.16. The smallest absolute Gasteiger partial charge is 0.393 e. The quantitative estimate of drug-likeness (QED) is 0.200. The number of nitrogens with one attached hydrogen (secondary N) is 1. The van der Waals surface area contributed by atoms with Crippen LogP contribution in [-0.4, -0.2) is 71.5 Å². The second-order valence-electron chi connectivity index (χ2n) is 11.8. The number of carbonyl (C=O) groups excluding carboxylic acids is 3. The zero-order valence-electron chi connectivity index (χ0n) is 26.9. The summed E-state index contributed by atoms with van der Waals surface area (Å²) in [4.78, 5) is 49.5. The maximum Gasteiger partial charge on any atom is 0.416 e. The molecular weight excluding hydrogens is 628 g/mol. The molecule has 48 heavy (non-hydrogen) atoms. The molecule has 0 aliphatic carbocycles. The fraction of sp³-hybridized carbons (Fsp3) is 0.189. The normalized spacial score (nSPS) is 12.1. The molecule has 11 heteroatoms. The van der Waals surface area contributed by atoms with Gasteiger partial charge in [-0.3, -0.25) is 14.6 Å². The Labute approximate surface area is 284 Å². The van der Waals surface area contributed by atoms with E-state index in [0.717, 1.165) is 28.2 Å². The van der Waals surface area contributed by atoms with E-state index < -0.39 is 6.09 Å². The third-order valence-corrected chi connectivity index (χ3v) is 8.47. The molecule has 0 unspecified atom stereocenters. The highest BCUT2D eigenvalue weighted by Crippen LogP contribution is 2.34. The summed E-state index contributed by atoms with van der Waals surface area (Å²) >= 11 is 6.69. The van der Waals surface area contributed by atoms with Crippen LogP contribution in [0.15, 0.2) is 103 Å². The van der Waals surface area contributed by atoms with Crippen molar-refractivity contribution in [2.24, 2.45) is 0 Å². The molecule has 2 aromatic heterocycles. The van der Waals surface area contributed by atoms with Crippen molar-refractivity contribution in [1.29, 1.82) is 0 Å². The van der Waals surface area contributed by atoms with Gasteiger partial charge in [-0.15, -0.1) is 0 Å². The van der Waals surface area contributed by atoms with E-state index in [0.29, 0.717) is 42.3 Å². The number of rotatable bonds is 8. The van der Waals surface area contributed by atoms with Gasteiger partial charge in [-0.05, 0) is 74.3 Å². The number of anilines is 2. The molecule has 3 heterocycles. The number of carbonyl (C=O) groups is 3. The van der Waals surface area contributed by atoms with Crippen molar-refractivity contribution in [2.75, 3.05) is 44.4 Å². The molecule has 3 amide bonds. The van der Waals surface area contributed by atoms with Gasteiger partial charge in [0, 0.05) is 60.6 Å². The highest BCUT2D eigenvalue weighted by atomic mass is 35.5. The number of nitrogens with zero attached hydrogens (tertiary/aromatic N) is 5. The summed E-state index contributed by atoms with van der Waals surface area (Å²) < 4.78 is 7.70. The lowest BCUT2D eigenvalue weighted by Gasteiger charge is -2.23. The number of aromatic nitrogens is 2. The van der Waals surface area contributed by atoms with Gasteiger partial charge in [0.15, 0.2) is 0 Å². The average Bonchev–Trinajstić information content (AvgIpc) is 3.37. The van der Waals surface area contributed by atoms with Gasteiger partial charge >= 0.3 is 6.09 Å². The van der Waals surface area contributed by atoms with E-state index in [-0.39, 0.29) is 23.4 Å². The van der Waals surface area contributed by atoms with Crippen LogP contribution < -0.4 is 15.0 Å². The molecule has 0 saturated carbocycles.